The molecule has 15 N–H and O–H groups in total. The van der Waals surface area contributed by atoms with Gasteiger partial charge in [-0.05, 0) is 82.5 Å². The molecule has 0 aromatic carbocycles. The van der Waals surface area contributed by atoms with Crippen molar-refractivity contribution in [2.75, 3.05) is 13.1 Å². The lowest BCUT2D eigenvalue weighted by molar-refractivity contribution is -0.127. The van der Waals surface area contributed by atoms with E-state index in [0.29, 0.717) is 25.3 Å². The number of aliphatic imine (C=N–C) groups is 1. The summed E-state index contributed by atoms with van der Waals surface area (Å²) >= 11 is 0. The van der Waals surface area contributed by atoms with Crippen LogP contribution < -0.4 is 11.1 Å². The molecule has 17 atom stereocenters. The number of hydrogen-bond acceptors (Lipinski definition) is 16. The van der Waals surface area contributed by atoms with Crippen molar-refractivity contribution >= 4 is 22.1 Å². The molecule has 20 heteroatoms. The van der Waals surface area contributed by atoms with Gasteiger partial charge in [0, 0.05) is 56.5 Å². The number of allylic oxidation sites excluding steroid dienone is 12. The molecule has 19 nitrogen and oxygen atoms in total. The maximum Gasteiger partial charge on any atom is 0.397 e. The Morgan fingerprint density at radius 2 is 1.14 bits per heavy atom. The van der Waals surface area contributed by atoms with Gasteiger partial charge in [0.1, 0.15) is 5.78 Å². The van der Waals surface area contributed by atoms with Crippen molar-refractivity contribution in [3.05, 3.63) is 134 Å². The van der Waals surface area contributed by atoms with Gasteiger partial charge in [-0.3, -0.25) is 14.3 Å². The zero-order valence-corrected chi connectivity index (χ0v) is 52.2. The molecule has 0 bridgehead atoms. The second kappa shape index (κ2) is 47.5. The molecule has 86 heavy (non-hydrogen) atoms. The molecule has 1 aliphatic carbocycles. The Bertz CT molecular complexity index is 2280. The fourth-order valence-corrected chi connectivity index (χ4v) is 10.4. The van der Waals surface area contributed by atoms with Crippen LogP contribution >= 0.6 is 0 Å². The first-order valence-electron chi connectivity index (χ1n) is 30.8. The van der Waals surface area contributed by atoms with Crippen molar-refractivity contribution in [1.29, 1.82) is 0 Å². The van der Waals surface area contributed by atoms with E-state index in [-0.39, 0.29) is 69.6 Å². The molecule has 0 aromatic heterocycles. The fraction of sp³-hybridized carbons (Fsp3) is 0.636. The second-order valence-electron chi connectivity index (χ2n) is 23.0. The van der Waals surface area contributed by atoms with Gasteiger partial charge >= 0.3 is 10.4 Å². The Morgan fingerprint density at radius 1 is 0.628 bits per heavy atom. The van der Waals surface area contributed by atoms with Crippen LogP contribution in [0.3, 0.4) is 0 Å². The SMILES string of the molecule is C=CCCC=CC(C)C(O)C(C)C(O)C=CC=CC=CC=CC=CC=CCC(OS(=O)(=O)O)C(C)C(=O)CC(O)CC(O)C=CCC(O)CC(O)CC(O)C=CCC(O)CC(O)C=CCC(O)CC(O)CCCN=C(N)NCCC1CCCCC1C. The molecule has 0 aliphatic heterocycles. The number of nitrogens with one attached hydrogen (secondary N) is 1. The first-order chi connectivity index (χ1) is 40.8. The summed E-state index contributed by atoms with van der Waals surface area (Å²) in [4.78, 5) is 17.4. The number of Topliss-reactive ketones (excluding diaryl/α,β-unsaturated/α-hetero) is 1. The van der Waals surface area contributed by atoms with Crippen LogP contribution in [0.2, 0.25) is 0 Å². The third-order valence-electron chi connectivity index (χ3n) is 15.2. The Morgan fingerprint density at radius 3 is 1.70 bits per heavy atom. The number of ketones is 1. The van der Waals surface area contributed by atoms with Gasteiger partial charge < -0.3 is 67.2 Å². The molecule has 0 radical (unpaired) electrons. The summed E-state index contributed by atoms with van der Waals surface area (Å²) in [6.45, 7) is 12.4. The minimum atomic E-state index is -4.94. The van der Waals surface area contributed by atoms with Crippen molar-refractivity contribution in [3.8, 4) is 0 Å². The summed E-state index contributed by atoms with van der Waals surface area (Å²) in [5.41, 5.74) is 6.00. The van der Waals surface area contributed by atoms with Gasteiger partial charge in [-0.25, -0.2) is 4.18 Å². The minimum Gasteiger partial charge on any atom is -0.393 e. The maximum absolute atomic E-state index is 13.1. The van der Waals surface area contributed by atoms with Crippen molar-refractivity contribution < 1.29 is 78.1 Å². The van der Waals surface area contributed by atoms with Gasteiger partial charge in [0.25, 0.3) is 0 Å². The molecular weight excluding hydrogens is 1120 g/mol. The molecule has 1 aliphatic rings. The third kappa shape index (κ3) is 41.6. The van der Waals surface area contributed by atoms with Crippen molar-refractivity contribution in [3.63, 3.8) is 0 Å². The lowest BCUT2D eigenvalue weighted by Gasteiger charge is -2.28. The van der Waals surface area contributed by atoms with Crippen LogP contribution in [0.4, 0.5) is 0 Å². The standard InChI is InChI=1S/C66H109N3O16S/c1-6-7-8-18-28-49(3)65(81)51(5)62(79)37-19-16-14-12-10-9-11-13-15-17-20-38-64(85-86(82,83)84)50(4)63(80)47-61(78)46-58(75)35-25-34-57(74)45-60(77)44-56(73)33-24-32-54(71)42-53(70)30-23-31-55(72)43-59(76)36-26-40-68-66(67)69-41-39-52-29-22-21-27-48(52)2/h6,9-20,23-25,28,30,33,35,37,48-62,64-65,70-79,81H,1,7-8,21-22,26-27,29,31-32,34,36,38-47H2,2-5H3,(H3,67,68,69)(H,82,83,84). The largest absolute Gasteiger partial charge is 0.397 e. The molecule has 1 rings (SSSR count). The number of aliphatic hydroxyl groups is 11. The van der Waals surface area contributed by atoms with Crippen LogP contribution in [-0.2, 0) is 19.4 Å². The highest BCUT2D eigenvalue weighted by atomic mass is 32.3. The lowest BCUT2D eigenvalue weighted by Crippen LogP contribution is -2.34. The van der Waals surface area contributed by atoms with Crippen LogP contribution in [0, 0.1) is 29.6 Å². The normalized spacial score (nSPS) is 21.5. The predicted octanol–water partition coefficient (Wildman–Crippen LogP) is 6.95. The van der Waals surface area contributed by atoms with Crippen LogP contribution in [0.15, 0.2) is 139 Å². The average molecular weight is 1230 g/mol. The molecule has 0 aromatic rings. The first-order valence-corrected chi connectivity index (χ1v) is 32.2. The summed E-state index contributed by atoms with van der Waals surface area (Å²) in [5, 5.41) is 118. The van der Waals surface area contributed by atoms with Gasteiger partial charge in [-0.2, -0.15) is 8.42 Å². The number of hydrogen-bond donors (Lipinski definition) is 14. The number of nitrogens with two attached hydrogens (primary N) is 1. The Hall–Kier alpha value is -4.49. The minimum absolute atomic E-state index is 0.00663. The molecule has 0 amide bonds. The van der Waals surface area contributed by atoms with Crippen LogP contribution in [0.5, 0.6) is 0 Å². The number of guanidine groups is 1. The monoisotopic (exact) mass is 1230 g/mol. The molecule has 0 heterocycles. The molecule has 1 saturated carbocycles. The van der Waals surface area contributed by atoms with E-state index in [4.69, 9.17) is 9.92 Å². The second-order valence-corrected chi connectivity index (χ2v) is 24.1. The smallest absolute Gasteiger partial charge is 0.393 e. The van der Waals surface area contributed by atoms with E-state index >= 15 is 0 Å². The van der Waals surface area contributed by atoms with Gasteiger partial charge in [0.2, 0.25) is 0 Å². The van der Waals surface area contributed by atoms with Gasteiger partial charge in [0.15, 0.2) is 5.96 Å². The van der Waals surface area contributed by atoms with E-state index in [1.165, 1.54) is 63.0 Å². The van der Waals surface area contributed by atoms with Gasteiger partial charge in [-0.1, -0.05) is 181 Å². The highest BCUT2D eigenvalue weighted by molar-refractivity contribution is 7.80. The number of unbranched alkanes of at least 4 members (excludes halogenated alkanes) is 1. The Labute approximate surface area is 514 Å². The summed E-state index contributed by atoms with van der Waals surface area (Å²) < 4.78 is 37.4. The number of carbonyl (C=O) groups excluding carboxylic acids is 1. The topological polar surface area (TPSA) is 354 Å². The summed E-state index contributed by atoms with van der Waals surface area (Å²) in [6, 6.07) is 0. The van der Waals surface area contributed by atoms with Crippen LogP contribution in [0.1, 0.15) is 150 Å². The third-order valence-corrected chi connectivity index (χ3v) is 15.7. The quantitative estimate of drug-likeness (QED) is 0.00731. The van der Waals surface area contributed by atoms with Crippen molar-refractivity contribution in [2.45, 2.75) is 223 Å². The number of nitrogens with zero attached hydrogens (tertiary/aromatic N) is 1. The zero-order valence-electron chi connectivity index (χ0n) is 51.4. The Kier molecular flexibility index (Phi) is 43.9. The van der Waals surface area contributed by atoms with E-state index in [2.05, 4.69) is 23.8 Å². The van der Waals surface area contributed by atoms with E-state index in [1.807, 2.05) is 25.2 Å². The van der Waals surface area contributed by atoms with E-state index in [9.17, 15) is 73.9 Å². The molecule has 17 unspecified atom stereocenters. The van der Waals surface area contributed by atoms with Crippen LogP contribution in [0.25, 0.3) is 0 Å². The molecule has 1 fully saturated rings. The zero-order chi connectivity index (χ0) is 64.3. The van der Waals surface area contributed by atoms with E-state index in [1.54, 1.807) is 85.9 Å². The lowest BCUT2D eigenvalue weighted by atomic mass is 9.79. The van der Waals surface area contributed by atoms with Gasteiger partial charge in [0.05, 0.1) is 73.2 Å². The van der Waals surface area contributed by atoms with Crippen molar-refractivity contribution in [1.82, 2.24) is 5.32 Å². The highest BCUT2D eigenvalue weighted by Gasteiger charge is 2.30. The predicted molar refractivity (Wildman–Crippen MR) is 341 cm³/mol. The average Bonchev–Trinajstić information content (AvgIpc) is 3.63. The Balaban J connectivity index is 2.40. The molecular formula is C66H109N3O16S. The maximum atomic E-state index is 13.1. The molecule has 490 valence electrons. The number of rotatable bonds is 47. The summed E-state index contributed by atoms with van der Waals surface area (Å²) in [6.07, 6.45) is 31.3. The molecule has 0 saturated heterocycles. The number of aliphatic hydroxyl groups excluding tert-OH is 11. The van der Waals surface area contributed by atoms with Crippen molar-refractivity contribution in [2.24, 2.45) is 40.3 Å². The van der Waals surface area contributed by atoms with Gasteiger partial charge in [-0.15, -0.1) is 6.58 Å². The molecule has 0 spiro atoms. The highest BCUT2D eigenvalue weighted by Crippen LogP contribution is 2.31. The summed E-state index contributed by atoms with van der Waals surface area (Å²) in [5.74, 6) is -0.260. The number of carbonyl (C=O) groups is 1. The summed E-state index contributed by atoms with van der Waals surface area (Å²) in [7, 11) is -4.94. The van der Waals surface area contributed by atoms with E-state index < -0.39 is 102 Å². The fourth-order valence-electron chi connectivity index (χ4n) is 9.84. The first kappa shape index (κ1) is 79.5. The van der Waals surface area contributed by atoms with E-state index in [0.717, 1.165) is 37.6 Å². The van der Waals surface area contributed by atoms with Crippen LogP contribution in [-0.4, -0.2) is 167 Å².